The minimum Gasteiger partial charge on any atom is -0.497 e. The van der Waals surface area contributed by atoms with Crippen LogP contribution in [0.3, 0.4) is 0 Å². The quantitative estimate of drug-likeness (QED) is 0.595. The highest BCUT2D eigenvalue weighted by Gasteiger charge is 2.10. The molecule has 0 atom stereocenters. The van der Waals surface area contributed by atoms with Crippen molar-refractivity contribution in [1.29, 1.82) is 0 Å². The molecule has 25 heavy (non-hydrogen) atoms. The molecule has 0 spiro atoms. The number of anilines is 2. The Balaban J connectivity index is 1.89. The zero-order chi connectivity index (χ0) is 17.2. The highest BCUT2D eigenvalue weighted by Crippen LogP contribution is 2.35. The lowest BCUT2D eigenvalue weighted by Gasteiger charge is -2.13. The molecule has 0 aliphatic heterocycles. The molecule has 4 rings (SSSR count). The van der Waals surface area contributed by atoms with Gasteiger partial charge in [0.1, 0.15) is 23.6 Å². The van der Waals surface area contributed by atoms with Gasteiger partial charge in [0.15, 0.2) is 0 Å². The van der Waals surface area contributed by atoms with Crippen molar-refractivity contribution in [2.24, 2.45) is 0 Å². The summed E-state index contributed by atoms with van der Waals surface area (Å²) >= 11 is 0. The lowest BCUT2D eigenvalue weighted by Crippen LogP contribution is -1.98. The van der Waals surface area contributed by atoms with Gasteiger partial charge in [0.2, 0.25) is 0 Å². The molecule has 0 aliphatic rings. The molecule has 1 N–H and O–H groups in total. The fourth-order valence-electron chi connectivity index (χ4n) is 2.97. The molecule has 0 radical (unpaired) electrons. The third kappa shape index (κ3) is 2.70. The van der Waals surface area contributed by atoms with Crippen LogP contribution in [0.1, 0.15) is 0 Å². The molecule has 0 saturated carbocycles. The summed E-state index contributed by atoms with van der Waals surface area (Å²) in [5.74, 6) is 2.31. The average Bonchev–Trinajstić information content (AvgIpc) is 2.67. The molecule has 0 bridgehead atoms. The maximum Gasteiger partial charge on any atom is 0.141 e. The molecule has 0 fully saturated rings. The van der Waals surface area contributed by atoms with Crippen molar-refractivity contribution < 1.29 is 9.47 Å². The van der Waals surface area contributed by atoms with E-state index in [0.717, 1.165) is 44.7 Å². The summed E-state index contributed by atoms with van der Waals surface area (Å²) < 4.78 is 10.9. The van der Waals surface area contributed by atoms with E-state index in [2.05, 4.69) is 27.4 Å². The fraction of sp³-hybridized carbons (Fsp3) is 0.100. The number of aromatic nitrogens is 2. The van der Waals surface area contributed by atoms with Crippen molar-refractivity contribution in [3.8, 4) is 11.5 Å². The van der Waals surface area contributed by atoms with E-state index in [0.29, 0.717) is 0 Å². The van der Waals surface area contributed by atoms with Gasteiger partial charge in [-0.25, -0.2) is 9.97 Å². The minimum absolute atomic E-state index is 0.724. The van der Waals surface area contributed by atoms with Crippen LogP contribution in [0.25, 0.3) is 21.7 Å². The number of benzene rings is 3. The lowest BCUT2D eigenvalue weighted by molar-refractivity contribution is 0.415. The van der Waals surface area contributed by atoms with E-state index < -0.39 is 0 Å². The highest BCUT2D eigenvalue weighted by molar-refractivity contribution is 6.02. The van der Waals surface area contributed by atoms with Crippen LogP contribution >= 0.6 is 0 Å². The average molecular weight is 331 g/mol. The number of nitrogens with zero attached hydrogens (tertiary/aromatic N) is 2. The molecule has 0 unspecified atom stereocenters. The topological polar surface area (TPSA) is 56.3 Å². The molecule has 5 heteroatoms. The first-order valence-corrected chi connectivity index (χ1v) is 7.91. The summed E-state index contributed by atoms with van der Waals surface area (Å²) in [6, 6.07) is 17.8. The van der Waals surface area contributed by atoms with E-state index in [4.69, 9.17) is 9.47 Å². The number of nitrogens with one attached hydrogen (secondary N) is 1. The van der Waals surface area contributed by atoms with Crippen molar-refractivity contribution in [3.05, 3.63) is 60.9 Å². The molecule has 0 saturated heterocycles. The standard InChI is InChI=1S/C20H17N3O2/c1-24-14-9-10-16-15(11-14)20(22-12-21-16)23-17-7-3-5-13-6-4-8-18(25-2)19(13)17/h3-12H,1-2H3,(H,21,22,23). The van der Waals surface area contributed by atoms with Crippen molar-refractivity contribution in [1.82, 2.24) is 9.97 Å². The molecule has 1 heterocycles. The number of ether oxygens (including phenoxy) is 2. The fourth-order valence-corrected chi connectivity index (χ4v) is 2.97. The minimum atomic E-state index is 0.724. The number of hydrogen-bond donors (Lipinski definition) is 1. The summed E-state index contributed by atoms with van der Waals surface area (Å²) in [5, 5.41) is 6.44. The van der Waals surface area contributed by atoms with E-state index in [-0.39, 0.29) is 0 Å². The summed E-state index contributed by atoms with van der Waals surface area (Å²) in [6.07, 6.45) is 1.56. The van der Waals surface area contributed by atoms with Crippen molar-refractivity contribution in [2.75, 3.05) is 19.5 Å². The van der Waals surface area contributed by atoms with Gasteiger partial charge in [0, 0.05) is 10.8 Å². The second kappa shape index (κ2) is 6.28. The Bertz CT molecular complexity index is 1060. The van der Waals surface area contributed by atoms with Crippen LogP contribution in [0.2, 0.25) is 0 Å². The van der Waals surface area contributed by atoms with Crippen molar-refractivity contribution >= 4 is 33.2 Å². The molecule has 3 aromatic carbocycles. The van der Waals surface area contributed by atoms with Crippen LogP contribution in [-0.4, -0.2) is 24.2 Å². The van der Waals surface area contributed by atoms with Gasteiger partial charge in [0.05, 0.1) is 25.4 Å². The second-order valence-electron chi connectivity index (χ2n) is 5.59. The van der Waals surface area contributed by atoms with Gasteiger partial charge >= 0.3 is 0 Å². The van der Waals surface area contributed by atoms with Gasteiger partial charge in [-0.15, -0.1) is 0 Å². The number of rotatable bonds is 4. The Morgan fingerprint density at radius 3 is 2.52 bits per heavy atom. The van der Waals surface area contributed by atoms with E-state index in [9.17, 15) is 0 Å². The number of methoxy groups -OCH3 is 2. The largest absolute Gasteiger partial charge is 0.497 e. The predicted octanol–water partition coefficient (Wildman–Crippen LogP) is 4.54. The second-order valence-corrected chi connectivity index (χ2v) is 5.59. The van der Waals surface area contributed by atoms with E-state index in [1.807, 2.05) is 42.5 Å². The van der Waals surface area contributed by atoms with Gasteiger partial charge in [-0.2, -0.15) is 0 Å². The number of fused-ring (bicyclic) bond motifs is 2. The molecular weight excluding hydrogens is 314 g/mol. The van der Waals surface area contributed by atoms with Crippen LogP contribution in [0.15, 0.2) is 60.9 Å². The molecule has 1 aromatic heterocycles. The van der Waals surface area contributed by atoms with E-state index in [1.54, 1.807) is 20.5 Å². The molecule has 0 aliphatic carbocycles. The Labute approximate surface area is 145 Å². The molecule has 0 amide bonds. The smallest absolute Gasteiger partial charge is 0.141 e. The van der Waals surface area contributed by atoms with Crippen molar-refractivity contribution in [2.45, 2.75) is 0 Å². The Morgan fingerprint density at radius 2 is 1.72 bits per heavy atom. The first kappa shape index (κ1) is 15.2. The zero-order valence-corrected chi connectivity index (χ0v) is 14.0. The molecule has 124 valence electrons. The van der Waals surface area contributed by atoms with Crippen LogP contribution in [0.5, 0.6) is 11.5 Å². The summed E-state index contributed by atoms with van der Waals surface area (Å²) in [7, 11) is 3.32. The van der Waals surface area contributed by atoms with Crippen LogP contribution in [0.4, 0.5) is 11.5 Å². The first-order valence-electron chi connectivity index (χ1n) is 7.91. The zero-order valence-electron chi connectivity index (χ0n) is 14.0. The summed E-state index contributed by atoms with van der Waals surface area (Å²) in [6.45, 7) is 0. The SMILES string of the molecule is COc1ccc2ncnc(Nc3cccc4cccc(OC)c34)c2c1. The summed E-state index contributed by atoms with van der Waals surface area (Å²) in [4.78, 5) is 8.74. The van der Waals surface area contributed by atoms with Crippen LogP contribution in [-0.2, 0) is 0 Å². The van der Waals surface area contributed by atoms with Crippen LogP contribution in [0, 0.1) is 0 Å². The summed E-state index contributed by atoms with van der Waals surface area (Å²) in [5.41, 5.74) is 1.78. The van der Waals surface area contributed by atoms with Gasteiger partial charge < -0.3 is 14.8 Å². The van der Waals surface area contributed by atoms with Gasteiger partial charge in [-0.3, -0.25) is 0 Å². The van der Waals surface area contributed by atoms with E-state index >= 15 is 0 Å². The Kier molecular flexibility index (Phi) is 3.82. The monoisotopic (exact) mass is 331 g/mol. The maximum atomic E-state index is 5.54. The molecular formula is C20H17N3O2. The predicted molar refractivity (Wildman–Crippen MR) is 99.9 cm³/mol. The molecule has 5 nitrogen and oxygen atoms in total. The van der Waals surface area contributed by atoms with Gasteiger partial charge in [0.25, 0.3) is 0 Å². The normalized spacial score (nSPS) is 10.8. The van der Waals surface area contributed by atoms with Gasteiger partial charge in [-0.05, 0) is 35.7 Å². The van der Waals surface area contributed by atoms with Crippen molar-refractivity contribution in [3.63, 3.8) is 0 Å². The van der Waals surface area contributed by atoms with Gasteiger partial charge in [-0.1, -0.05) is 24.3 Å². The van der Waals surface area contributed by atoms with Crippen LogP contribution < -0.4 is 14.8 Å². The third-order valence-corrected chi connectivity index (χ3v) is 4.18. The first-order chi connectivity index (χ1) is 12.3. The highest BCUT2D eigenvalue weighted by atomic mass is 16.5. The van der Waals surface area contributed by atoms with E-state index in [1.165, 1.54) is 0 Å². The third-order valence-electron chi connectivity index (χ3n) is 4.18. The number of hydrogen-bond acceptors (Lipinski definition) is 5. The maximum absolute atomic E-state index is 5.54. The molecule has 4 aromatic rings. The Hall–Kier alpha value is -3.34. The lowest BCUT2D eigenvalue weighted by atomic mass is 10.1. The Morgan fingerprint density at radius 1 is 0.880 bits per heavy atom.